The summed E-state index contributed by atoms with van der Waals surface area (Å²) in [5.41, 5.74) is -0.523. The molecule has 0 aromatic heterocycles. The zero-order valence-corrected chi connectivity index (χ0v) is 12.6. The maximum atomic E-state index is 12.3. The van der Waals surface area contributed by atoms with Crippen molar-refractivity contribution in [3.05, 3.63) is 0 Å². The Morgan fingerprint density at radius 3 is 2.58 bits per heavy atom. The van der Waals surface area contributed by atoms with Gasteiger partial charge in [-0.2, -0.15) is 17.0 Å². The lowest BCUT2D eigenvalue weighted by Gasteiger charge is -2.39. The van der Waals surface area contributed by atoms with E-state index in [0.717, 1.165) is 4.31 Å². The van der Waals surface area contributed by atoms with Crippen molar-refractivity contribution in [2.24, 2.45) is 5.92 Å². The van der Waals surface area contributed by atoms with Gasteiger partial charge in [0.1, 0.15) is 0 Å². The predicted molar refractivity (Wildman–Crippen MR) is 70.0 cm³/mol. The van der Waals surface area contributed by atoms with Crippen LogP contribution in [0, 0.1) is 5.92 Å². The van der Waals surface area contributed by atoms with Crippen molar-refractivity contribution < 1.29 is 23.1 Å². The molecule has 8 heteroatoms. The van der Waals surface area contributed by atoms with Crippen LogP contribution in [-0.4, -0.2) is 67.0 Å². The van der Waals surface area contributed by atoms with Gasteiger partial charge in [0, 0.05) is 26.7 Å². The lowest BCUT2D eigenvalue weighted by Crippen LogP contribution is -2.54. The van der Waals surface area contributed by atoms with Crippen molar-refractivity contribution in [3.8, 4) is 0 Å². The molecule has 112 valence electrons. The monoisotopic (exact) mass is 294 g/mol. The zero-order valence-electron chi connectivity index (χ0n) is 11.8. The summed E-state index contributed by atoms with van der Waals surface area (Å²) in [7, 11) is -2.24. The SMILES string of the molecule is CC(CN(C)S(=O)(=O)N1CCOC(C)(C)C1)C(=O)O. The van der Waals surface area contributed by atoms with E-state index in [-0.39, 0.29) is 19.6 Å². The third-order valence-electron chi connectivity index (χ3n) is 3.06. The van der Waals surface area contributed by atoms with Gasteiger partial charge in [-0.3, -0.25) is 4.79 Å². The molecule has 1 atom stereocenters. The van der Waals surface area contributed by atoms with Crippen LogP contribution >= 0.6 is 0 Å². The van der Waals surface area contributed by atoms with Crippen LogP contribution in [0.3, 0.4) is 0 Å². The van der Waals surface area contributed by atoms with Gasteiger partial charge >= 0.3 is 5.97 Å². The molecule has 0 amide bonds. The van der Waals surface area contributed by atoms with Gasteiger partial charge in [0.25, 0.3) is 10.2 Å². The summed E-state index contributed by atoms with van der Waals surface area (Å²) in [5, 5.41) is 8.83. The molecule has 19 heavy (non-hydrogen) atoms. The van der Waals surface area contributed by atoms with Gasteiger partial charge in [-0.1, -0.05) is 6.92 Å². The van der Waals surface area contributed by atoms with Gasteiger partial charge < -0.3 is 9.84 Å². The topological polar surface area (TPSA) is 87.2 Å². The molecule has 1 saturated heterocycles. The molecule has 1 aliphatic heterocycles. The molecule has 1 heterocycles. The first-order valence-corrected chi connectivity index (χ1v) is 7.54. The summed E-state index contributed by atoms with van der Waals surface area (Å²) in [6.07, 6.45) is 0. The van der Waals surface area contributed by atoms with Crippen LogP contribution in [-0.2, 0) is 19.7 Å². The number of aliphatic carboxylic acids is 1. The Morgan fingerprint density at radius 1 is 1.53 bits per heavy atom. The first-order chi connectivity index (χ1) is 8.56. The number of hydrogen-bond donors (Lipinski definition) is 1. The number of carboxylic acids is 1. The minimum Gasteiger partial charge on any atom is -0.481 e. The third-order valence-corrected chi connectivity index (χ3v) is 4.96. The summed E-state index contributed by atoms with van der Waals surface area (Å²) < 4.78 is 32.6. The Hall–Kier alpha value is -0.700. The Balaban J connectivity index is 2.77. The number of nitrogens with zero attached hydrogens (tertiary/aromatic N) is 2. The predicted octanol–water partition coefficient (Wildman–Crippen LogP) is -0.00550. The van der Waals surface area contributed by atoms with Crippen LogP contribution in [0.2, 0.25) is 0 Å². The zero-order chi connectivity index (χ0) is 14.8. The first kappa shape index (κ1) is 16.4. The van der Waals surface area contributed by atoms with E-state index in [1.807, 2.05) is 13.8 Å². The molecule has 0 bridgehead atoms. The van der Waals surface area contributed by atoms with E-state index in [2.05, 4.69) is 0 Å². The van der Waals surface area contributed by atoms with Crippen molar-refractivity contribution >= 4 is 16.2 Å². The largest absolute Gasteiger partial charge is 0.481 e. The molecular formula is C11H22N2O5S. The Bertz CT molecular complexity index is 434. The van der Waals surface area contributed by atoms with E-state index in [0.29, 0.717) is 6.61 Å². The Labute approximate surface area is 114 Å². The van der Waals surface area contributed by atoms with Crippen molar-refractivity contribution in [3.63, 3.8) is 0 Å². The minimum absolute atomic E-state index is 0.0462. The molecule has 7 nitrogen and oxygen atoms in total. The average Bonchev–Trinajstić information content (AvgIpc) is 2.27. The quantitative estimate of drug-likeness (QED) is 0.771. The number of hydrogen-bond acceptors (Lipinski definition) is 4. The highest BCUT2D eigenvalue weighted by molar-refractivity contribution is 7.86. The molecule has 0 spiro atoms. The van der Waals surface area contributed by atoms with Crippen LogP contribution in [0.25, 0.3) is 0 Å². The number of carbonyl (C=O) groups is 1. The highest BCUT2D eigenvalue weighted by Crippen LogP contribution is 2.20. The fraction of sp³-hybridized carbons (Fsp3) is 0.909. The molecule has 0 aromatic rings. The van der Waals surface area contributed by atoms with E-state index < -0.39 is 27.7 Å². The lowest BCUT2D eigenvalue weighted by molar-refractivity contribution is -0.141. The molecule has 0 aliphatic carbocycles. The molecule has 1 rings (SSSR count). The van der Waals surface area contributed by atoms with Gasteiger partial charge in [-0.05, 0) is 13.8 Å². The van der Waals surface area contributed by atoms with Crippen molar-refractivity contribution in [1.29, 1.82) is 0 Å². The number of rotatable bonds is 5. The fourth-order valence-electron chi connectivity index (χ4n) is 1.93. The number of carboxylic acid groups (broad SMARTS) is 1. The molecular weight excluding hydrogens is 272 g/mol. The van der Waals surface area contributed by atoms with Crippen LogP contribution in [0.15, 0.2) is 0 Å². The van der Waals surface area contributed by atoms with E-state index in [1.165, 1.54) is 18.3 Å². The number of morpholine rings is 1. The van der Waals surface area contributed by atoms with E-state index in [1.54, 1.807) is 0 Å². The highest BCUT2D eigenvalue weighted by atomic mass is 32.2. The van der Waals surface area contributed by atoms with E-state index in [4.69, 9.17) is 9.84 Å². The van der Waals surface area contributed by atoms with Crippen molar-refractivity contribution in [1.82, 2.24) is 8.61 Å². The molecule has 1 N–H and O–H groups in total. The van der Waals surface area contributed by atoms with Crippen molar-refractivity contribution in [2.75, 3.05) is 33.3 Å². The summed E-state index contributed by atoms with van der Waals surface area (Å²) in [5.74, 6) is -1.75. The summed E-state index contributed by atoms with van der Waals surface area (Å²) in [6, 6.07) is 0. The van der Waals surface area contributed by atoms with Gasteiger partial charge in [-0.25, -0.2) is 0 Å². The van der Waals surface area contributed by atoms with Gasteiger partial charge in [0.2, 0.25) is 0 Å². The normalized spacial score (nSPS) is 22.4. The van der Waals surface area contributed by atoms with Gasteiger partial charge in [-0.15, -0.1) is 0 Å². The maximum Gasteiger partial charge on any atom is 0.307 e. The van der Waals surface area contributed by atoms with Crippen molar-refractivity contribution in [2.45, 2.75) is 26.4 Å². The van der Waals surface area contributed by atoms with Crippen LogP contribution in [0.1, 0.15) is 20.8 Å². The first-order valence-electron chi connectivity index (χ1n) is 6.14. The molecule has 0 saturated carbocycles. The fourth-order valence-corrected chi connectivity index (χ4v) is 3.51. The Kier molecular flexibility index (Phi) is 4.94. The second kappa shape index (κ2) is 5.74. The molecule has 1 fully saturated rings. The smallest absolute Gasteiger partial charge is 0.307 e. The lowest BCUT2D eigenvalue weighted by atomic mass is 10.1. The second-order valence-electron chi connectivity index (χ2n) is 5.47. The third kappa shape index (κ3) is 4.13. The van der Waals surface area contributed by atoms with Crippen LogP contribution < -0.4 is 0 Å². The van der Waals surface area contributed by atoms with E-state index >= 15 is 0 Å². The summed E-state index contributed by atoms with van der Waals surface area (Å²) >= 11 is 0. The summed E-state index contributed by atoms with van der Waals surface area (Å²) in [6.45, 7) is 5.99. The molecule has 1 unspecified atom stereocenters. The Morgan fingerprint density at radius 2 is 2.11 bits per heavy atom. The molecule has 1 aliphatic rings. The van der Waals surface area contributed by atoms with Gasteiger partial charge in [0.15, 0.2) is 0 Å². The maximum absolute atomic E-state index is 12.3. The standard InChI is InChI=1S/C11H22N2O5S/c1-9(10(14)15)7-12(4)19(16,17)13-5-6-18-11(2,3)8-13/h9H,5-8H2,1-4H3,(H,14,15). The summed E-state index contributed by atoms with van der Waals surface area (Å²) in [4.78, 5) is 10.8. The highest BCUT2D eigenvalue weighted by Gasteiger charge is 2.36. The molecule has 0 aromatic carbocycles. The minimum atomic E-state index is -3.64. The number of ether oxygens (including phenoxy) is 1. The van der Waals surface area contributed by atoms with E-state index in [9.17, 15) is 13.2 Å². The second-order valence-corrected chi connectivity index (χ2v) is 7.50. The average molecular weight is 294 g/mol. The van der Waals surface area contributed by atoms with Crippen LogP contribution in [0.4, 0.5) is 0 Å². The molecule has 0 radical (unpaired) electrons. The van der Waals surface area contributed by atoms with Crippen LogP contribution in [0.5, 0.6) is 0 Å². The van der Waals surface area contributed by atoms with Gasteiger partial charge in [0.05, 0.1) is 18.1 Å².